The van der Waals surface area contributed by atoms with Crippen LogP contribution in [0, 0.1) is 19.8 Å². The Morgan fingerprint density at radius 3 is 1.80 bits per heavy atom. The van der Waals surface area contributed by atoms with Gasteiger partial charge in [-0.1, -0.05) is 26.0 Å². The fraction of sp³-hybridized carbons (Fsp3) is 0.522. The number of carboxylic acid groups (broad SMARTS) is 1. The number of fused-ring (bicyclic) bond motifs is 6. The minimum absolute atomic E-state index is 0.0202. The van der Waals surface area contributed by atoms with Crippen molar-refractivity contribution in [3.05, 3.63) is 75.0 Å². The molecule has 5 heterocycles. The maximum Gasteiger partial charge on any atom is 0.415 e. The molecule has 5 aromatic rings. The van der Waals surface area contributed by atoms with Gasteiger partial charge in [0.05, 0.1) is 20.8 Å². The molecule has 1 fully saturated rings. The second kappa shape index (κ2) is 35.0. The Hall–Kier alpha value is -8.14. The standard InChI is InChI=1S/C67H87Cl2N11O18S2/c1-33(2)53(76-61(88)41(73-36(5)81)12-8-9-20-70)62(89)75-42(13-11-21-72-65(71)92)60(87)74-40-18-16-37(17-19-40)30-95-66(93)77(6)22-23-78(7)67(94)97-46-25-44-52(50-35(4)32-100-59(46)50)39(27-69)29-80(44)48(83)15-10-14-47(82)79-28-38(26-68)51-43(79)24-45(58-49(51)34(3)31-99-58)96-64-56(86)54(84)55(85)57(98-64)63(90)91/h16-19,24-25,31-33,38-39,41-42,53-57,64,84-86H,8-15,20-23,26-30,70H2,1-7H3,(H,73,81)(H,74,87)(H,75,89)(H,76,88)(H,90,91)(H3,71,72,92)/t38?,39?,41?,42?,53?,54-,55-,56+,57-,64+/m0/s1. The smallest absolute Gasteiger partial charge is 0.415 e. The summed E-state index contributed by atoms with van der Waals surface area (Å²) in [4.78, 5) is 138. The number of nitrogens with two attached hydrogens (primary N) is 2. The van der Waals surface area contributed by atoms with Crippen LogP contribution in [-0.2, 0) is 49.6 Å². The molecule has 33 heteroatoms. The molecule has 1 saturated heterocycles. The average molecular weight is 1470 g/mol. The third kappa shape index (κ3) is 18.5. The zero-order chi connectivity index (χ0) is 73.0. The van der Waals surface area contributed by atoms with Crippen molar-refractivity contribution in [3.63, 3.8) is 0 Å². The second-order valence-electron chi connectivity index (χ2n) is 25.5. The zero-order valence-electron chi connectivity index (χ0n) is 56.5. The van der Waals surface area contributed by atoms with Crippen LogP contribution >= 0.6 is 45.9 Å². The molecule has 29 nitrogen and oxygen atoms in total. The van der Waals surface area contributed by atoms with Gasteiger partial charge in [0.2, 0.25) is 41.7 Å². The molecule has 0 spiro atoms. The fourth-order valence-corrected chi connectivity index (χ4v) is 14.8. The number of aliphatic carboxylic acids is 1. The molecule has 5 unspecified atom stereocenters. The first-order chi connectivity index (χ1) is 47.6. The molecular formula is C67H87Cl2N11O18S2. The number of carboxylic acids is 1. The molecule has 3 aliphatic rings. The van der Waals surface area contributed by atoms with Gasteiger partial charge in [-0.3, -0.25) is 28.8 Å². The van der Waals surface area contributed by atoms with Crippen molar-refractivity contribution < 1.29 is 87.3 Å². The van der Waals surface area contributed by atoms with Crippen LogP contribution in [0.5, 0.6) is 11.5 Å². The van der Waals surface area contributed by atoms with Gasteiger partial charge in [-0.15, -0.1) is 45.9 Å². The molecule has 10 amide bonds. The lowest BCUT2D eigenvalue weighted by Gasteiger charge is -2.38. The number of alkyl halides is 2. The van der Waals surface area contributed by atoms with Gasteiger partial charge in [0.15, 0.2) is 11.9 Å². The number of aliphatic hydroxyl groups excluding tert-OH is 3. The number of nitrogens with zero attached hydrogens (tertiary/aromatic N) is 4. The van der Waals surface area contributed by atoms with Crippen LogP contribution in [0.1, 0.15) is 112 Å². The molecule has 0 bridgehead atoms. The van der Waals surface area contributed by atoms with Crippen LogP contribution in [-0.4, -0.2) is 204 Å². The largest absolute Gasteiger partial charge is 0.479 e. The summed E-state index contributed by atoms with van der Waals surface area (Å²) in [5.41, 5.74) is 16.1. The maximum absolute atomic E-state index is 14.4. The van der Waals surface area contributed by atoms with Crippen molar-refractivity contribution in [2.45, 2.75) is 153 Å². The van der Waals surface area contributed by atoms with Crippen LogP contribution < -0.4 is 57.3 Å². The highest BCUT2D eigenvalue weighted by Crippen LogP contribution is 2.51. The lowest BCUT2D eigenvalue weighted by atomic mass is 9.96. The first-order valence-electron chi connectivity index (χ1n) is 32.8. The van der Waals surface area contributed by atoms with Crippen molar-refractivity contribution in [1.29, 1.82) is 0 Å². The monoisotopic (exact) mass is 1470 g/mol. The molecule has 13 N–H and O–H groups in total. The number of primary amides is 1. The van der Waals surface area contributed by atoms with Crippen molar-refractivity contribution in [2.24, 2.45) is 17.4 Å². The topological polar surface area (TPSA) is 414 Å². The quantitative estimate of drug-likeness (QED) is 0.0191. The number of hydrogen-bond acceptors (Lipinski definition) is 20. The van der Waals surface area contributed by atoms with Crippen LogP contribution in [0.4, 0.5) is 31.4 Å². The number of carbonyl (C=O) groups is 10. The van der Waals surface area contributed by atoms with E-state index in [4.69, 9.17) is 53.6 Å². The first kappa shape index (κ1) is 77.6. The SMILES string of the molecule is CC(=O)NC(CCCCN)C(=O)NC(C(=O)NC(CCCNC(N)=O)C(=O)Nc1ccc(COC(=O)N(C)CCN(C)C(=O)Oc2cc3c(c4c(C)csc24)C(CCl)CN3C(=O)CCCC(=O)N2CC(CCl)c3c2cc(O[C@@H]2O[C@H](C(=O)O)[C@@H](O)[C@H](O)[C@H]2O)c2scc(C)c32)cc1)C(C)C. The molecular weight excluding hydrogens is 1380 g/mol. The number of halogens is 2. The third-order valence-corrected chi connectivity index (χ3v) is 20.7. The van der Waals surface area contributed by atoms with E-state index in [2.05, 4.69) is 26.6 Å². The average Bonchev–Trinajstić information content (AvgIpc) is 1.58. The molecule has 10 atom stereocenters. The van der Waals surface area contributed by atoms with E-state index in [-0.39, 0.29) is 118 Å². The number of aryl methyl sites for hydroxylation is 2. The molecule has 100 heavy (non-hydrogen) atoms. The lowest BCUT2D eigenvalue weighted by molar-refractivity contribution is -0.270. The third-order valence-electron chi connectivity index (χ3n) is 17.7. The number of nitrogens with one attached hydrogen (secondary N) is 5. The summed E-state index contributed by atoms with van der Waals surface area (Å²) < 4.78 is 24.5. The highest BCUT2D eigenvalue weighted by atomic mass is 35.5. The number of anilines is 3. The Bertz CT molecular complexity index is 3840. The van der Waals surface area contributed by atoms with Gasteiger partial charge in [-0.2, -0.15) is 0 Å². The summed E-state index contributed by atoms with van der Waals surface area (Å²) in [6, 6.07) is 5.73. The number of rotatable bonds is 31. The number of hydrogen-bond donors (Lipinski definition) is 11. The van der Waals surface area contributed by atoms with Gasteiger partial charge < -0.3 is 97.0 Å². The number of thiophene rings is 2. The molecule has 0 aliphatic carbocycles. The summed E-state index contributed by atoms with van der Waals surface area (Å²) >= 11 is 15.9. The molecule has 3 aliphatic heterocycles. The fourth-order valence-electron chi connectivity index (χ4n) is 12.3. The minimum Gasteiger partial charge on any atom is -0.479 e. The summed E-state index contributed by atoms with van der Waals surface area (Å²) in [6.45, 7) is 9.35. The number of likely N-dealkylation sites (N-methyl/N-ethyl adjacent to an activating group) is 2. The number of aliphatic hydroxyl groups is 3. The van der Waals surface area contributed by atoms with E-state index in [0.29, 0.717) is 57.8 Å². The lowest BCUT2D eigenvalue weighted by Crippen LogP contribution is -2.61. The highest BCUT2D eigenvalue weighted by Gasteiger charge is 2.49. The van der Waals surface area contributed by atoms with Gasteiger partial charge >= 0.3 is 24.2 Å². The van der Waals surface area contributed by atoms with Crippen molar-refractivity contribution >= 4 is 143 Å². The van der Waals surface area contributed by atoms with E-state index in [9.17, 15) is 68.4 Å². The molecule has 8 rings (SSSR count). The summed E-state index contributed by atoms with van der Waals surface area (Å²) in [5, 5.41) is 60.0. The first-order valence-corrected chi connectivity index (χ1v) is 35.6. The summed E-state index contributed by atoms with van der Waals surface area (Å²) in [6.07, 6.45) is -8.92. The van der Waals surface area contributed by atoms with Crippen LogP contribution in [0.2, 0.25) is 0 Å². The number of ether oxygens (including phenoxy) is 4. The van der Waals surface area contributed by atoms with E-state index >= 15 is 0 Å². The van der Waals surface area contributed by atoms with E-state index in [0.717, 1.165) is 33.0 Å². The van der Waals surface area contributed by atoms with Crippen molar-refractivity contribution in [2.75, 3.05) is 80.2 Å². The summed E-state index contributed by atoms with van der Waals surface area (Å²) in [5.74, 6) is -4.77. The van der Waals surface area contributed by atoms with Crippen molar-refractivity contribution in [3.8, 4) is 11.5 Å². The minimum atomic E-state index is -1.93. The number of benzene rings is 3. The van der Waals surface area contributed by atoms with Crippen LogP contribution in [0.25, 0.3) is 20.2 Å². The number of carbonyl (C=O) groups excluding carboxylic acids is 9. The molecule has 2 aromatic heterocycles. The highest BCUT2D eigenvalue weighted by molar-refractivity contribution is 7.18. The van der Waals surface area contributed by atoms with Gasteiger partial charge in [0, 0.05) is 119 Å². The predicted octanol–water partition coefficient (Wildman–Crippen LogP) is 5.56. The zero-order valence-corrected chi connectivity index (χ0v) is 59.7. The Labute approximate surface area is 595 Å². The van der Waals surface area contributed by atoms with E-state index in [1.807, 2.05) is 24.6 Å². The number of urea groups is 1. The number of amides is 10. The van der Waals surface area contributed by atoms with Gasteiger partial charge in [-0.25, -0.2) is 19.2 Å². The predicted molar refractivity (Wildman–Crippen MR) is 376 cm³/mol. The van der Waals surface area contributed by atoms with E-state index in [1.165, 1.54) is 53.5 Å². The van der Waals surface area contributed by atoms with Crippen LogP contribution in [0.15, 0.2) is 47.2 Å². The van der Waals surface area contributed by atoms with Crippen LogP contribution in [0.3, 0.4) is 0 Å². The van der Waals surface area contributed by atoms with Crippen molar-refractivity contribution in [1.82, 2.24) is 31.1 Å². The number of unbranched alkanes of at least 4 members (excludes halogenated alkanes) is 1. The molecule has 3 aromatic carbocycles. The molecule has 544 valence electrons. The van der Waals surface area contributed by atoms with E-state index < -0.39 is 103 Å². The summed E-state index contributed by atoms with van der Waals surface area (Å²) in [7, 11) is 3.01. The Morgan fingerprint density at radius 1 is 0.710 bits per heavy atom. The van der Waals surface area contributed by atoms with Gasteiger partial charge in [0.1, 0.15) is 48.8 Å². The maximum atomic E-state index is 14.4. The Morgan fingerprint density at radius 2 is 1.26 bits per heavy atom. The van der Waals surface area contributed by atoms with Gasteiger partial charge in [-0.05, 0) is 116 Å². The Balaban J connectivity index is 0.851. The normalized spacial score (nSPS) is 19.4. The van der Waals surface area contributed by atoms with E-state index in [1.54, 1.807) is 60.0 Å². The molecule has 0 radical (unpaired) electrons. The second-order valence-corrected chi connectivity index (χ2v) is 27.9. The van der Waals surface area contributed by atoms with Gasteiger partial charge in [0.25, 0.3) is 0 Å². The Kier molecular flexibility index (Phi) is 27.1. The molecule has 0 saturated carbocycles.